The van der Waals surface area contributed by atoms with Crippen molar-refractivity contribution in [1.29, 1.82) is 0 Å². The minimum absolute atomic E-state index is 0.00470. The Hall–Kier alpha value is -2.08. The van der Waals surface area contributed by atoms with Gasteiger partial charge in [-0.2, -0.15) is 0 Å². The van der Waals surface area contributed by atoms with Gasteiger partial charge in [0.05, 0.1) is 24.9 Å². The third kappa shape index (κ3) is 9.22. The van der Waals surface area contributed by atoms with E-state index in [-0.39, 0.29) is 24.9 Å². The molecule has 0 heterocycles. The summed E-state index contributed by atoms with van der Waals surface area (Å²) in [5.41, 5.74) is 0. The highest BCUT2D eigenvalue weighted by Gasteiger charge is 2.18. The highest BCUT2D eigenvalue weighted by molar-refractivity contribution is 5.21. The summed E-state index contributed by atoms with van der Waals surface area (Å²) in [5, 5.41) is 9.13. The first-order valence-electron chi connectivity index (χ1n) is 9.91. The first-order valence-corrected chi connectivity index (χ1v) is 9.91. The van der Waals surface area contributed by atoms with Crippen molar-refractivity contribution in [2.75, 3.05) is 26.4 Å². The lowest BCUT2D eigenvalue weighted by Crippen LogP contribution is -2.31. The number of benzene rings is 2. The van der Waals surface area contributed by atoms with Crippen LogP contribution in [0.3, 0.4) is 0 Å². The van der Waals surface area contributed by atoms with Crippen LogP contribution in [0.5, 0.6) is 11.5 Å². The van der Waals surface area contributed by atoms with Gasteiger partial charge in [0.1, 0.15) is 24.7 Å². The summed E-state index contributed by atoms with van der Waals surface area (Å²) < 4.78 is 23.5. The molecule has 0 radical (unpaired) electrons. The largest absolute Gasteiger partial charge is 0.491 e. The molecule has 0 spiro atoms. The number of aliphatic hydroxyl groups is 1. The number of aliphatic hydroxyl groups excluding tert-OH is 1. The minimum Gasteiger partial charge on any atom is -0.491 e. The zero-order chi connectivity index (χ0) is 20.0. The third-order valence-electron chi connectivity index (χ3n) is 4.23. The SMILES string of the molecule is CC(CC(COc1ccccc1)OC(C)CCO)OCCOc1ccccc1. The van der Waals surface area contributed by atoms with Gasteiger partial charge in [-0.1, -0.05) is 36.4 Å². The molecule has 0 aromatic heterocycles. The molecule has 0 aliphatic carbocycles. The van der Waals surface area contributed by atoms with Gasteiger partial charge in [-0.3, -0.25) is 0 Å². The lowest BCUT2D eigenvalue weighted by molar-refractivity contribution is -0.0652. The standard InChI is InChI=1S/C23H32O5/c1-19(13-14-24)28-23(18-27-22-11-7-4-8-12-22)17-20(2)25-15-16-26-21-9-5-3-6-10-21/h3-12,19-20,23-24H,13-18H2,1-2H3. The maximum atomic E-state index is 9.13. The van der Waals surface area contributed by atoms with Gasteiger partial charge in [0.25, 0.3) is 0 Å². The van der Waals surface area contributed by atoms with Crippen LogP contribution in [0.15, 0.2) is 60.7 Å². The maximum Gasteiger partial charge on any atom is 0.119 e. The molecule has 0 fully saturated rings. The molecule has 0 amide bonds. The smallest absolute Gasteiger partial charge is 0.119 e. The van der Waals surface area contributed by atoms with Gasteiger partial charge in [0, 0.05) is 13.0 Å². The second kappa shape index (κ2) is 13.2. The first kappa shape index (κ1) is 22.2. The Labute approximate surface area is 168 Å². The molecule has 5 heteroatoms. The predicted octanol–water partition coefficient (Wildman–Crippen LogP) is 4.10. The van der Waals surface area contributed by atoms with E-state index in [1.165, 1.54) is 0 Å². The van der Waals surface area contributed by atoms with E-state index in [4.69, 9.17) is 24.1 Å². The Bertz CT molecular complexity index is 619. The van der Waals surface area contributed by atoms with Crippen molar-refractivity contribution >= 4 is 0 Å². The fraction of sp³-hybridized carbons (Fsp3) is 0.478. The lowest BCUT2D eigenvalue weighted by Gasteiger charge is -2.25. The average molecular weight is 389 g/mol. The van der Waals surface area contributed by atoms with E-state index < -0.39 is 0 Å². The summed E-state index contributed by atoms with van der Waals surface area (Å²) in [6.07, 6.45) is 1.15. The maximum absolute atomic E-state index is 9.13. The van der Waals surface area contributed by atoms with Gasteiger partial charge in [-0.05, 0) is 44.5 Å². The van der Waals surface area contributed by atoms with Crippen molar-refractivity contribution in [3.8, 4) is 11.5 Å². The Morgan fingerprint density at radius 1 is 0.786 bits per heavy atom. The molecule has 3 unspecified atom stereocenters. The summed E-state index contributed by atoms with van der Waals surface area (Å²) in [6, 6.07) is 19.4. The van der Waals surface area contributed by atoms with E-state index in [9.17, 15) is 0 Å². The number of hydrogen-bond acceptors (Lipinski definition) is 5. The van der Waals surface area contributed by atoms with Crippen LogP contribution in [0.2, 0.25) is 0 Å². The molecule has 0 saturated heterocycles. The van der Waals surface area contributed by atoms with Crippen molar-refractivity contribution in [1.82, 2.24) is 0 Å². The van der Waals surface area contributed by atoms with E-state index in [1.807, 2.05) is 74.5 Å². The Morgan fingerprint density at radius 2 is 1.39 bits per heavy atom. The minimum atomic E-state index is -0.119. The van der Waals surface area contributed by atoms with Gasteiger partial charge in [0.15, 0.2) is 0 Å². The third-order valence-corrected chi connectivity index (χ3v) is 4.23. The predicted molar refractivity (Wildman–Crippen MR) is 110 cm³/mol. The molecule has 2 aromatic rings. The van der Waals surface area contributed by atoms with Gasteiger partial charge in [0.2, 0.25) is 0 Å². The number of para-hydroxylation sites is 2. The van der Waals surface area contributed by atoms with Crippen LogP contribution in [-0.4, -0.2) is 49.8 Å². The molecular weight excluding hydrogens is 356 g/mol. The number of ether oxygens (including phenoxy) is 4. The molecule has 28 heavy (non-hydrogen) atoms. The highest BCUT2D eigenvalue weighted by atomic mass is 16.5. The van der Waals surface area contributed by atoms with Crippen molar-refractivity contribution in [2.24, 2.45) is 0 Å². The zero-order valence-corrected chi connectivity index (χ0v) is 16.8. The normalized spacial score (nSPS) is 14.2. The van der Waals surface area contributed by atoms with Crippen LogP contribution >= 0.6 is 0 Å². The molecule has 0 saturated carbocycles. The van der Waals surface area contributed by atoms with E-state index in [2.05, 4.69) is 0 Å². The van der Waals surface area contributed by atoms with Crippen LogP contribution < -0.4 is 9.47 Å². The second-order valence-electron chi connectivity index (χ2n) is 6.78. The summed E-state index contributed by atoms with van der Waals surface area (Å²) >= 11 is 0. The van der Waals surface area contributed by atoms with E-state index >= 15 is 0 Å². The number of rotatable bonds is 14. The fourth-order valence-electron chi connectivity index (χ4n) is 2.81. The van der Waals surface area contributed by atoms with Crippen molar-refractivity contribution in [3.05, 3.63) is 60.7 Å². The summed E-state index contributed by atoms with van der Waals surface area (Å²) in [4.78, 5) is 0. The molecule has 0 aliphatic heterocycles. The van der Waals surface area contributed by atoms with Crippen LogP contribution in [0.1, 0.15) is 26.7 Å². The van der Waals surface area contributed by atoms with Crippen LogP contribution in [-0.2, 0) is 9.47 Å². The molecule has 2 rings (SSSR count). The first-order chi connectivity index (χ1) is 13.7. The van der Waals surface area contributed by atoms with Crippen LogP contribution in [0.4, 0.5) is 0 Å². The number of hydrogen-bond donors (Lipinski definition) is 1. The monoisotopic (exact) mass is 388 g/mol. The Balaban J connectivity index is 1.75. The molecular formula is C23H32O5. The molecule has 0 aliphatic rings. The van der Waals surface area contributed by atoms with Crippen LogP contribution in [0, 0.1) is 0 Å². The highest BCUT2D eigenvalue weighted by Crippen LogP contribution is 2.15. The van der Waals surface area contributed by atoms with Crippen molar-refractivity contribution in [2.45, 2.75) is 45.0 Å². The molecule has 2 aromatic carbocycles. The van der Waals surface area contributed by atoms with Crippen molar-refractivity contribution < 1.29 is 24.1 Å². The zero-order valence-electron chi connectivity index (χ0n) is 16.8. The lowest BCUT2D eigenvalue weighted by atomic mass is 10.1. The topological polar surface area (TPSA) is 57.2 Å². The van der Waals surface area contributed by atoms with E-state index in [0.717, 1.165) is 11.5 Å². The van der Waals surface area contributed by atoms with E-state index in [0.29, 0.717) is 32.7 Å². The van der Waals surface area contributed by atoms with Gasteiger partial charge >= 0.3 is 0 Å². The Morgan fingerprint density at radius 3 is 2.00 bits per heavy atom. The molecule has 154 valence electrons. The molecule has 0 bridgehead atoms. The molecule has 5 nitrogen and oxygen atoms in total. The molecule has 1 N–H and O–H groups in total. The van der Waals surface area contributed by atoms with Crippen LogP contribution in [0.25, 0.3) is 0 Å². The Kier molecular flexibility index (Phi) is 10.4. The fourth-order valence-corrected chi connectivity index (χ4v) is 2.81. The quantitative estimate of drug-likeness (QED) is 0.494. The van der Waals surface area contributed by atoms with Gasteiger partial charge in [-0.15, -0.1) is 0 Å². The second-order valence-corrected chi connectivity index (χ2v) is 6.78. The molecule has 3 atom stereocenters. The van der Waals surface area contributed by atoms with Crippen molar-refractivity contribution in [3.63, 3.8) is 0 Å². The van der Waals surface area contributed by atoms with E-state index in [1.54, 1.807) is 0 Å². The summed E-state index contributed by atoms with van der Waals surface area (Å²) in [7, 11) is 0. The summed E-state index contributed by atoms with van der Waals surface area (Å²) in [6.45, 7) is 5.54. The average Bonchev–Trinajstić information content (AvgIpc) is 2.71. The van der Waals surface area contributed by atoms with Gasteiger partial charge < -0.3 is 24.1 Å². The summed E-state index contributed by atoms with van der Waals surface area (Å²) in [5.74, 6) is 1.66. The van der Waals surface area contributed by atoms with Gasteiger partial charge in [-0.25, -0.2) is 0 Å².